The second-order valence-electron chi connectivity index (χ2n) is 3.19. The third-order valence-corrected chi connectivity index (χ3v) is 2.54. The average Bonchev–Trinajstić information content (AvgIpc) is 2.16. The molecule has 0 radical (unpaired) electrons. The molecule has 1 aliphatic rings. The fraction of sp³-hybridized carbons (Fsp3) is 0.300. The predicted octanol–water partition coefficient (Wildman–Crippen LogP) is 2.20. The fourth-order valence-electron chi connectivity index (χ4n) is 1.61. The van der Waals surface area contributed by atoms with Crippen molar-refractivity contribution in [2.24, 2.45) is 0 Å². The van der Waals surface area contributed by atoms with E-state index in [1.165, 1.54) is 0 Å². The maximum atomic E-state index is 10.9. The van der Waals surface area contributed by atoms with E-state index < -0.39 is 17.5 Å². The third-order valence-electron chi connectivity index (χ3n) is 2.27. The van der Waals surface area contributed by atoms with Crippen LogP contribution in [0.2, 0.25) is 0 Å². The molecule has 1 aromatic carbocycles. The molecule has 2 unspecified atom stereocenters. The van der Waals surface area contributed by atoms with Crippen molar-refractivity contribution in [2.45, 2.75) is 17.9 Å². The molecule has 4 heteroatoms. The molecule has 0 amide bonds. The molecule has 0 saturated carbocycles. The van der Waals surface area contributed by atoms with Gasteiger partial charge in [-0.3, -0.25) is 4.79 Å². The Bertz CT molecular complexity index is 364. The molecule has 3 nitrogen and oxygen atoms in total. The van der Waals surface area contributed by atoms with Crippen molar-refractivity contribution < 1.29 is 14.6 Å². The highest BCUT2D eigenvalue weighted by Crippen LogP contribution is 2.37. The van der Waals surface area contributed by atoms with E-state index in [0.717, 1.165) is 0 Å². The predicted molar refractivity (Wildman–Crippen MR) is 51.7 cm³/mol. The van der Waals surface area contributed by atoms with Crippen LogP contribution in [0.1, 0.15) is 17.9 Å². The molecule has 0 spiro atoms. The number of rotatable bonds is 1. The van der Waals surface area contributed by atoms with Gasteiger partial charge in [-0.1, -0.05) is 29.8 Å². The summed E-state index contributed by atoms with van der Waals surface area (Å²) < 4.78 is 5.31. The fourth-order valence-corrected chi connectivity index (χ4v) is 1.88. The van der Waals surface area contributed by atoms with Crippen LogP contribution in [0.15, 0.2) is 24.3 Å². The van der Waals surface area contributed by atoms with Crippen LogP contribution in [0.5, 0.6) is 5.75 Å². The van der Waals surface area contributed by atoms with Gasteiger partial charge in [0, 0.05) is 12.0 Å². The molecule has 1 heterocycles. The van der Waals surface area contributed by atoms with Crippen LogP contribution < -0.4 is 4.74 Å². The van der Waals surface area contributed by atoms with Crippen molar-refractivity contribution in [1.82, 2.24) is 0 Å². The minimum atomic E-state index is -0.855. The topological polar surface area (TPSA) is 46.5 Å². The molecule has 0 fully saturated rings. The van der Waals surface area contributed by atoms with E-state index in [-0.39, 0.29) is 0 Å². The Labute approximate surface area is 86.3 Å². The number of ether oxygens (including phenoxy) is 1. The quantitative estimate of drug-likeness (QED) is 0.726. The molecule has 74 valence electrons. The van der Waals surface area contributed by atoms with Crippen molar-refractivity contribution in [3.63, 3.8) is 0 Å². The summed E-state index contributed by atoms with van der Waals surface area (Å²) in [6.07, 6.45) is 0.313. The Hall–Kier alpha value is -1.22. The van der Waals surface area contributed by atoms with Crippen LogP contribution in [-0.4, -0.2) is 16.6 Å². The second-order valence-corrected chi connectivity index (χ2v) is 3.68. The number of carboxylic acid groups (broad SMARTS) is 1. The monoisotopic (exact) mass is 212 g/mol. The third kappa shape index (κ3) is 1.55. The number of para-hydroxylation sites is 1. The number of hydrogen-bond donors (Lipinski definition) is 1. The summed E-state index contributed by atoms with van der Waals surface area (Å²) in [6, 6.07) is 7.09. The lowest BCUT2D eigenvalue weighted by Gasteiger charge is -2.26. The molecule has 14 heavy (non-hydrogen) atoms. The summed E-state index contributed by atoms with van der Waals surface area (Å²) in [6.45, 7) is 0. The van der Waals surface area contributed by atoms with Crippen LogP contribution in [-0.2, 0) is 4.79 Å². The maximum absolute atomic E-state index is 10.9. The summed E-state index contributed by atoms with van der Waals surface area (Å²) in [5.74, 6) is -0.833. The minimum Gasteiger partial charge on any atom is -0.481 e. The number of aliphatic carboxylic acids is 1. The standard InChI is InChI=1S/C10H9ClO3/c11-9-5-7(10(12)13)6-3-1-2-4-8(6)14-9/h1-4,7,9H,5H2,(H,12,13). The van der Waals surface area contributed by atoms with Gasteiger partial charge in [0.15, 0.2) is 5.56 Å². The molecule has 1 N–H and O–H groups in total. The van der Waals surface area contributed by atoms with E-state index in [1.807, 2.05) is 0 Å². The van der Waals surface area contributed by atoms with E-state index in [0.29, 0.717) is 17.7 Å². The van der Waals surface area contributed by atoms with Crippen LogP contribution >= 0.6 is 11.6 Å². The molecule has 0 aromatic heterocycles. The highest BCUT2D eigenvalue weighted by molar-refractivity contribution is 6.20. The highest BCUT2D eigenvalue weighted by Gasteiger charge is 2.31. The van der Waals surface area contributed by atoms with Gasteiger partial charge in [0.1, 0.15) is 5.75 Å². The van der Waals surface area contributed by atoms with Gasteiger partial charge in [0.05, 0.1) is 5.92 Å². The number of halogens is 1. The van der Waals surface area contributed by atoms with E-state index in [2.05, 4.69) is 0 Å². The molecular formula is C10H9ClO3. The lowest BCUT2D eigenvalue weighted by molar-refractivity contribution is -0.139. The van der Waals surface area contributed by atoms with Gasteiger partial charge >= 0.3 is 5.97 Å². The van der Waals surface area contributed by atoms with Gasteiger partial charge in [-0.05, 0) is 6.07 Å². The summed E-state index contributed by atoms with van der Waals surface area (Å²) in [5.41, 5.74) is 0.155. The lowest BCUT2D eigenvalue weighted by atomic mass is 9.93. The maximum Gasteiger partial charge on any atom is 0.311 e. The minimum absolute atomic E-state index is 0.313. The Morgan fingerprint density at radius 2 is 2.21 bits per heavy atom. The van der Waals surface area contributed by atoms with Crippen molar-refractivity contribution in [1.29, 1.82) is 0 Å². The smallest absolute Gasteiger partial charge is 0.311 e. The Morgan fingerprint density at radius 1 is 1.50 bits per heavy atom. The zero-order valence-electron chi connectivity index (χ0n) is 7.31. The van der Waals surface area contributed by atoms with E-state index in [1.54, 1.807) is 24.3 Å². The van der Waals surface area contributed by atoms with E-state index in [9.17, 15) is 4.79 Å². The first kappa shape index (κ1) is 9.34. The Balaban J connectivity index is 2.43. The van der Waals surface area contributed by atoms with Gasteiger partial charge < -0.3 is 9.84 Å². The van der Waals surface area contributed by atoms with Gasteiger partial charge in [-0.2, -0.15) is 0 Å². The Morgan fingerprint density at radius 3 is 2.93 bits per heavy atom. The molecule has 0 aliphatic carbocycles. The van der Waals surface area contributed by atoms with Gasteiger partial charge in [0.25, 0.3) is 0 Å². The van der Waals surface area contributed by atoms with E-state index >= 15 is 0 Å². The molecule has 1 aromatic rings. The van der Waals surface area contributed by atoms with Gasteiger partial charge in [-0.15, -0.1) is 0 Å². The first-order valence-corrected chi connectivity index (χ1v) is 4.74. The average molecular weight is 213 g/mol. The molecule has 2 rings (SSSR count). The number of carboxylic acids is 1. The number of fused-ring (bicyclic) bond motifs is 1. The van der Waals surface area contributed by atoms with Crippen molar-refractivity contribution in [3.05, 3.63) is 29.8 Å². The summed E-state index contributed by atoms with van der Waals surface area (Å²) in [7, 11) is 0. The number of hydrogen-bond acceptors (Lipinski definition) is 2. The lowest BCUT2D eigenvalue weighted by Crippen LogP contribution is -2.25. The number of benzene rings is 1. The van der Waals surface area contributed by atoms with Crippen LogP contribution in [0.4, 0.5) is 0 Å². The number of alkyl halides is 1. The highest BCUT2D eigenvalue weighted by atomic mass is 35.5. The van der Waals surface area contributed by atoms with Gasteiger partial charge in [0.2, 0.25) is 0 Å². The SMILES string of the molecule is O=C(O)C1CC(Cl)Oc2ccccc21. The molecule has 2 atom stereocenters. The first-order chi connectivity index (χ1) is 6.68. The van der Waals surface area contributed by atoms with E-state index in [4.69, 9.17) is 21.4 Å². The zero-order chi connectivity index (χ0) is 10.1. The zero-order valence-corrected chi connectivity index (χ0v) is 8.07. The van der Waals surface area contributed by atoms with Crippen LogP contribution in [0.25, 0.3) is 0 Å². The Kier molecular flexibility index (Phi) is 2.33. The molecular weight excluding hydrogens is 204 g/mol. The first-order valence-electron chi connectivity index (χ1n) is 4.31. The normalized spacial score (nSPS) is 24.9. The van der Waals surface area contributed by atoms with Crippen molar-refractivity contribution in [3.8, 4) is 5.75 Å². The van der Waals surface area contributed by atoms with Crippen LogP contribution in [0.3, 0.4) is 0 Å². The largest absolute Gasteiger partial charge is 0.481 e. The summed E-state index contributed by atoms with van der Waals surface area (Å²) >= 11 is 5.80. The van der Waals surface area contributed by atoms with Crippen LogP contribution in [0, 0.1) is 0 Å². The van der Waals surface area contributed by atoms with Gasteiger partial charge in [-0.25, -0.2) is 0 Å². The molecule has 0 saturated heterocycles. The summed E-state index contributed by atoms with van der Waals surface area (Å²) in [4.78, 5) is 10.9. The second kappa shape index (κ2) is 3.50. The summed E-state index contributed by atoms with van der Waals surface area (Å²) in [5, 5.41) is 8.99. The molecule has 0 bridgehead atoms. The number of carbonyl (C=O) groups is 1. The molecule has 1 aliphatic heterocycles. The van der Waals surface area contributed by atoms with Crippen molar-refractivity contribution >= 4 is 17.6 Å². The van der Waals surface area contributed by atoms with Crippen molar-refractivity contribution in [2.75, 3.05) is 0 Å².